The molecule has 0 atom stereocenters. The quantitative estimate of drug-likeness (QED) is 0.635. The summed E-state index contributed by atoms with van der Waals surface area (Å²) in [6.45, 7) is 7.76. The lowest BCUT2D eigenvalue weighted by Crippen LogP contribution is -2.43. The fourth-order valence-electron chi connectivity index (χ4n) is 3.96. The van der Waals surface area contributed by atoms with Crippen molar-refractivity contribution in [3.63, 3.8) is 0 Å². The van der Waals surface area contributed by atoms with Gasteiger partial charge in [0.05, 0.1) is 0 Å². The molecule has 2 aliphatic rings. The molecule has 0 radical (unpaired) electrons. The number of hydrogen-bond acceptors (Lipinski definition) is 7. The molecule has 0 spiro atoms. The third-order valence-electron chi connectivity index (χ3n) is 5.49. The largest absolute Gasteiger partial charge is 0.483 e. The molecule has 0 saturated heterocycles. The van der Waals surface area contributed by atoms with Gasteiger partial charge in [-0.25, -0.2) is 22.4 Å². The lowest BCUT2D eigenvalue weighted by molar-refractivity contribution is 0.131. The van der Waals surface area contributed by atoms with Crippen molar-refractivity contribution in [2.24, 2.45) is 0 Å². The second-order valence-corrected chi connectivity index (χ2v) is 11.1. The van der Waals surface area contributed by atoms with Gasteiger partial charge < -0.3 is 18.9 Å². The van der Waals surface area contributed by atoms with Gasteiger partial charge in [0, 0.05) is 38.1 Å². The molecule has 2 aliphatic heterocycles. The summed E-state index contributed by atoms with van der Waals surface area (Å²) in [6.07, 6.45) is -0.474. The average Bonchev–Trinajstić information content (AvgIpc) is 3.26. The van der Waals surface area contributed by atoms with Crippen LogP contribution >= 0.6 is 0 Å². The topological polar surface area (TPSA) is 94.6 Å². The molecular formula is C24H28N2O7S. The first kappa shape index (κ1) is 23.9. The average molecular weight is 489 g/mol. The summed E-state index contributed by atoms with van der Waals surface area (Å²) in [6, 6.07) is 10.5. The van der Waals surface area contributed by atoms with Crippen LogP contribution in [0.3, 0.4) is 0 Å². The maximum atomic E-state index is 12.9. The number of benzene rings is 2. The minimum absolute atomic E-state index is 0.224. The Labute approximate surface area is 201 Å². The minimum atomic E-state index is -2.21. The molecule has 0 aromatic heterocycles. The minimum Gasteiger partial charge on any atom is -0.483 e. The number of rotatable bonds is 4. The van der Waals surface area contributed by atoms with Gasteiger partial charge in [-0.15, -0.1) is 0 Å². The van der Waals surface area contributed by atoms with E-state index < -0.39 is 34.6 Å². The smallest absolute Gasteiger partial charge is 0.428 e. The molecule has 10 heteroatoms. The summed E-state index contributed by atoms with van der Waals surface area (Å²) < 4.78 is 37.2. The van der Waals surface area contributed by atoms with Crippen LogP contribution < -0.4 is 18.9 Å². The van der Waals surface area contributed by atoms with Gasteiger partial charge in [-0.3, -0.25) is 0 Å². The maximum Gasteiger partial charge on any atom is 0.428 e. The van der Waals surface area contributed by atoms with Crippen LogP contribution in [0.2, 0.25) is 0 Å². The van der Waals surface area contributed by atoms with Crippen molar-refractivity contribution < 1.29 is 32.7 Å². The second-order valence-electron chi connectivity index (χ2n) is 9.53. The SMILES string of the molecule is CN(C(=O)Oc1cccc2c1OC(C)(C)C2)S(=O)N(C)C(=O)Oc1cccc2c1OC(C)(C)C2. The van der Waals surface area contributed by atoms with E-state index in [9.17, 15) is 13.8 Å². The van der Waals surface area contributed by atoms with Gasteiger partial charge in [0.2, 0.25) is 11.2 Å². The van der Waals surface area contributed by atoms with E-state index in [2.05, 4.69) is 0 Å². The van der Waals surface area contributed by atoms with Crippen molar-refractivity contribution in [3.8, 4) is 23.0 Å². The number of amides is 2. The molecule has 0 unspecified atom stereocenters. The standard InChI is InChI=1S/C24H28N2O7S/c1-23(2)13-15-9-7-11-17(19(15)32-23)30-21(27)25(5)34(29)26(6)22(28)31-18-12-8-10-16-14-24(3,4)33-20(16)18/h7-12H,13-14H2,1-6H3. The van der Waals surface area contributed by atoms with Crippen molar-refractivity contribution in [3.05, 3.63) is 47.5 Å². The van der Waals surface area contributed by atoms with E-state index in [0.29, 0.717) is 24.3 Å². The molecule has 0 fully saturated rings. The number of carbonyl (C=O) groups excluding carboxylic acids is 2. The summed E-state index contributed by atoms with van der Waals surface area (Å²) in [4.78, 5) is 25.4. The van der Waals surface area contributed by atoms with Gasteiger partial charge in [0.1, 0.15) is 11.2 Å². The van der Waals surface area contributed by atoms with Crippen LogP contribution in [0.1, 0.15) is 38.8 Å². The molecule has 2 aromatic carbocycles. The van der Waals surface area contributed by atoms with Crippen LogP contribution in [0.25, 0.3) is 0 Å². The lowest BCUT2D eigenvalue weighted by atomic mass is 10.0. The zero-order valence-electron chi connectivity index (χ0n) is 20.0. The Morgan fingerprint density at radius 1 is 0.794 bits per heavy atom. The zero-order chi connectivity index (χ0) is 24.8. The summed E-state index contributed by atoms with van der Waals surface area (Å²) in [5.41, 5.74) is 1.00. The summed E-state index contributed by atoms with van der Waals surface area (Å²) >= 11 is -2.21. The first-order chi connectivity index (χ1) is 15.9. The third kappa shape index (κ3) is 4.68. The van der Waals surface area contributed by atoms with E-state index in [-0.39, 0.29) is 11.5 Å². The highest BCUT2D eigenvalue weighted by Crippen LogP contribution is 2.43. The van der Waals surface area contributed by atoms with Crippen LogP contribution in [0.5, 0.6) is 23.0 Å². The fourth-order valence-corrected chi connectivity index (χ4v) is 4.66. The van der Waals surface area contributed by atoms with Crippen molar-refractivity contribution in [2.45, 2.75) is 51.7 Å². The molecule has 0 saturated carbocycles. The van der Waals surface area contributed by atoms with Crippen LogP contribution in [-0.2, 0) is 24.0 Å². The van der Waals surface area contributed by atoms with E-state index in [0.717, 1.165) is 19.7 Å². The molecule has 0 bridgehead atoms. The highest BCUT2D eigenvalue weighted by molar-refractivity contribution is 7.81. The van der Waals surface area contributed by atoms with E-state index in [1.54, 1.807) is 24.3 Å². The Morgan fingerprint density at radius 2 is 1.18 bits per heavy atom. The molecule has 0 N–H and O–H groups in total. The number of para-hydroxylation sites is 2. The summed E-state index contributed by atoms with van der Waals surface area (Å²) in [5, 5.41) is 0. The Hall–Kier alpha value is -3.27. The van der Waals surface area contributed by atoms with E-state index in [1.807, 2.05) is 39.8 Å². The fraction of sp³-hybridized carbons (Fsp3) is 0.417. The van der Waals surface area contributed by atoms with Crippen molar-refractivity contribution in [2.75, 3.05) is 14.1 Å². The second kappa shape index (κ2) is 8.50. The van der Waals surface area contributed by atoms with Crippen molar-refractivity contribution >= 4 is 23.4 Å². The molecule has 34 heavy (non-hydrogen) atoms. The Morgan fingerprint density at radius 3 is 1.56 bits per heavy atom. The summed E-state index contributed by atoms with van der Waals surface area (Å²) in [5.74, 6) is 1.41. The Bertz CT molecular complexity index is 1090. The van der Waals surface area contributed by atoms with Crippen molar-refractivity contribution in [1.29, 1.82) is 0 Å². The Balaban J connectivity index is 1.42. The van der Waals surface area contributed by atoms with Gasteiger partial charge in [-0.2, -0.15) is 0 Å². The zero-order valence-corrected chi connectivity index (χ0v) is 20.9. The summed E-state index contributed by atoms with van der Waals surface area (Å²) in [7, 11) is 2.53. The molecule has 182 valence electrons. The lowest BCUT2D eigenvalue weighted by Gasteiger charge is -2.23. The number of nitrogens with zero attached hydrogens (tertiary/aromatic N) is 2. The number of hydrogen-bond donors (Lipinski definition) is 0. The first-order valence-corrected chi connectivity index (χ1v) is 11.9. The van der Waals surface area contributed by atoms with Gasteiger partial charge >= 0.3 is 12.2 Å². The molecule has 2 aromatic rings. The van der Waals surface area contributed by atoms with Gasteiger partial charge in [-0.1, -0.05) is 24.3 Å². The van der Waals surface area contributed by atoms with Gasteiger partial charge in [-0.05, 0) is 39.8 Å². The van der Waals surface area contributed by atoms with Gasteiger partial charge in [0.15, 0.2) is 23.0 Å². The molecule has 2 amide bonds. The van der Waals surface area contributed by atoms with E-state index >= 15 is 0 Å². The monoisotopic (exact) mass is 488 g/mol. The highest BCUT2D eigenvalue weighted by atomic mass is 32.2. The molecule has 0 aliphatic carbocycles. The van der Waals surface area contributed by atoms with Crippen molar-refractivity contribution in [1.82, 2.24) is 8.61 Å². The molecule has 2 heterocycles. The van der Waals surface area contributed by atoms with Crippen LogP contribution in [0.4, 0.5) is 9.59 Å². The third-order valence-corrected chi connectivity index (χ3v) is 6.72. The molecule has 4 rings (SSSR count). The predicted octanol–water partition coefficient (Wildman–Crippen LogP) is 4.25. The van der Waals surface area contributed by atoms with Gasteiger partial charge in [0.25, 0.3) is 0 Å². The predicted molar refractivity (Wildman–Crippen MR) is 125 cm³/mol. The van der Waals surface area contributed by atoms with Crippen LogP contribution in [0.15, 0.2) is 36.4 Å². The molecular weight excluding hydrogens is 460 g/mol. The normalized spacial score (nSPS) is 16.7. The first-order valence-electron chi connectivity index (χ1n) is 10.8. The number of carbonyl (C=O) groups is 2. The highest BCUT2D eigenvalue weighted by Gasteiger charge is 2.35. The molecule has 9 nitrogen and oxygen atoms in total. The van der Waals surface area contributed by atoms with E-state index in [4.69, 9.17) is 18.9 Å². The van der Waals surface area contributed by atoms with Crippen LogP contribution in [-0.4, -0.2) is 50.3 Å². The number of fused-ring (bicyclic) bond motifs is 2. The number of ether oxygens (including phenoxy) is 4. The van der Waals surface area contributed by atoms with E-state index in [1.165, 1.54) is 14.1 Å². The Kier molecular flexibility index (Phi) is 5.97. The maximum absolute atomic E-state index is 12.9. The van der Waals surface area contributed by atoms with Crippen LogP contribution in [0, 0.1) is 0 Å².